The minimum atomic E-state index is -3.59. The fourth-order valence-corrected chi connectivity index (χ4v) is 6.67. The van der Waals surface area contributed by atoms with Gasteiger partial charge in [0.2, 0.25) is 5.91 Å². The van der Waals surface area contributed by atoms with Crippen LogP contribution in [-0.4, -0.2) is 56.4 Å². The Morgan fingerprint density at radius 3 is 2.48 bits per heavy atom. The number of carbonyl (C=O) groups is 2. The number of amides is 2. The molecule has 2 fully saturated rings. The molecule has 3 unspecified atom stereocenters. The van der Waals surface area contributed by atoms with Crippen molar-refractivity contribution >= 4 is 21.7 Å². The van der Waals surface area contributed by atoms with Crippen LogP contribution in [0.25, 0.3) is 0 Å². The Labute approximate surface area is 237 Å². The Morgan fingerprint density at radius 2 is 1.85 bits per heavy atom. The molecule has 2 aromatic carbocycles. The fourth-order valence-electron chi connectivity index (χ4n) is 6.00. The second-order valence-electron chi connectivity index (χ2n) is 11.6. The molecular weight excluding hydrogens is 528 g/mol. The lowest BCUT2D eigenvalue weighted by molar-refractivity contribution is -0.126. The Bertz CT molecular complexity index is 1280. The molecule has 4 rings (SSSR count). The molecule has 6 atom stereocenters. The lowest BCUT2D eigenvalue weighted by atomic mass is 9.92. The van der Waals surface area contributed by atoms with Crippen LogP contribution < -0.4 is 15.4 Å². The second kappa shape index (κ2) is 13.2. The van der Waals surface area contributed by atoms with Crippen molar-refractivity contribution in [1.29, 1.82) is 0 Å². The highest BCUT2D eigenvalue weighted by atomic mass is 32.2. The number of hydrogen-bond donors (Lipinski definition) is 3. The number of benzene rings is 2. The van der Waals surface area contributed by atoms with Gasteiger partial charge < -0.3 is 20.5 Å². The molecular formula is C31H42N2O6S. The third-order valence-corrected chi connectivity index (χ3v) is 9.32. The third-order valence-electron chi connectivity index (χ3n) is 8.23. The van der Waals surface area contributed by atoms with Crippen molar-refractivity contribution in [3.63, 3.8) is 0 Å². The Balaban J connectivity index is 1.49. The van der Waals surface area contributed by atoms with Crippen LogP contribution in [0.3, 0.4) is 0 Å². The van der Waals surface area contributed by atoms with Gasteiger partial charge in [0.25, 0.3) is 5.91 Å². The summed E-state index contributed by atoms with van der Waals surface area (Å²) in [6, 6.07) is 13.3. The summed E-state index contributed by atoms with van der Waals surface area (Å²) < 4.78 is 30.2. The molecule has 8 nitrogen and oxygen atoms in total. The Kier molecular flexibility index (Phi) is 9.90. The zero-order valence-electron chi connectivity index (χ0n) is 23.6. The average Bonchev–Trinajstić information content (AvgIpc) is 3.55. The molecule has 0 aliphatic heterocycles. The Hall–Kier alpha value is -2.91. The zero-order valence-corrected chi connectivity index (χ0v) is 24.5. The van der Waals surface area contributed by atoms with Crippen LogP contribution in [0.2, 0.25) is 0 Å². The largest absolute Gasteiger partial charge is 0.494 e. The van der Waals surface area contributed by atoms with Crippen molar-refractivity contribution in [1.82, 2.24) is 10.6 Å². The van der Waals surface area contributed by atoms with Crippen LogP contribution in [0, 0.1) is 17.8 Å². The van der Waals surface area contributed by atoms with Gasteiger partial charge in [0, 0.05) is 23.8 Å². The van der Waals surface area contributed by atoms with E-state index in [-0.39, 0.29) is 28.8 Å². The molecule has 0 spiro atoms. The molecule has 9 heteroatoms. The van der Waals surface area contributed by atoms with Gasteiger partial charge in [0.15, 0.2) is 9.84 Å². The first-order valence-corrected chi connectivity index (χ1v) is 16.2. The van der Waals surface area contributed by atoms with Gasteiger partial charge in [-0.2, -0.15) is 0 Å². The van der Waals surface area contributed by atoms with Gasteiger partial charge in [0.05, 0.1) is 23.6 Å². The predicted octanol–water partition coefficient (Wildman–Crippen LogP) is 3.91. The van der Waals surface area contributed by atoms with Gasteiger partial charge in [-0.25, -0.2) is 8.42 Å². The van der Waals surface area contributed by atoms with Crippen LogP contribution in [0.4, 0.5) is 0 Å². The van der Waals surface area contributed by atoms with Crippen molar-refractivity contribution in [3.8, 4) is 5.75 Å². The number of fused-ring (bicyclic) bond motifs is 2. The van der Waals surface area contributed by atoms with Gasteiger partial charge in [-0.15, -0.1) is 0 Å². The van der Waals surface area contributed by atoms with Crippen LogP contribution in [0.1, 0.15) is 68.3 Å². The van der Waals surface area contributed by atoms with Gasteiger partial charge in [-0.3, -0.25) is 9.59 Å². The number of nitrogens with one attached hydrogen (secondary N) is 2. The number of carbonyl (C=O) groups excluding carboxylic acids is 2. The van der Waals surface area contributed by atoms with Gasteiger partial charge in [-0.05, 0) is 74.1 Å². The van der Waals surface area contributed by atoms with E-state index in [2.05, 4.69) is 10.6 Å². The maximum atomic E-state index is 13.4. The molecule has 0 aromatic heterocycles. The van der Waals surface area contributed by atoms with Crippen molar-refractivity contribution in [3.05, 3.63) is 59.7 Å². The molecule has 2 aromatic rings. The molecule has 0 heterocycles. The highest BCUT2D eigenvalue weighted by Gasteiger charge is 2.40. The first-order valence-electron chi connectivity index (χ1n) is 14.3. The van der Waals surface area contributed by atoms with E-state index in [9.17, 15) is 23.1 Å². The maximum Gasteiger partial charge on any atom is 0.251 e. The van der Waals surface area contributed by atoms with Crippen LogP contribution >= 0.6 is 0 Å². The number of sulfone groups is 1. The fraction of sp³-hybridized carbons (Fsp3) is 0.548. The lowest BCUT2D eigenvalue weighted by Gasteiger charge is -2.28. The molecule has 2 bridgehead atoms. The minimum Gasteiger partial charge on any atom is -0.494 e. The van der Waals surface area contributed by atoms with Gasteiger partial charge in [0.1, 0.15) is 5.75 Å². The Morgan fingerprint density at radius 1 is 1.10 bits per heavy atom. The van der Waals surface area contributed by atoms with E-state index in [0.29, 0.717) is 24.7 Å². The van der Waals surface area contributed by atoms with E-state index in [1.807, 2.05) is 37.3 Å². The summed E-state index contributed by atoms with van der Waals surface area (Å²) in [7, 11) is -3.59. The van der Waals surface area contributed by atoms with Crippen LogP contribution in [0.5, 0.6) is 5.75 Å². The summed E-state index contributed by atoms with van der Waals surface area (Å²) in [6.07, 6.45) is 5.99. The quantitative estimate of drug-likeness (QED) is 0.336. The van der Waals surface area contributed by atoms with E-state index in [1.54, 1.807) is 6.92 Å². The number of aliphatic hydroxyl groups excluding tert-OH is 1. The minimum absolute atomic E-state index is 0.0164. The molecule has 218 valence electrons. The topological polar surface area (TPSA) is 122 Å². The van der Waals surface area contributed by atoms with Gasteiger partial charge in [-0.1, -0.05) is 50.6 Å². The van der Waals surface area contributed by atoms with E-state index >= 15 is 0 Å². The van der Waals surface area contributed by atoms with Crippen molar-refractivity contribution in [2.45, 2.75) is 81.9 Å². The first kappa shape index (κ1) is 30.1. The van der Waals surface area contributed by atoms with E-state index in [0.717, 1.165) is 30.6 Å². The number of aliphatic hydroxyl groups is 1. The van der Waals surface area contributed by atoms with Crippen LogP contribution in [-0.2, 0) is 21.1 Å². The molecule has 0 saturated heterocycles. The summed E-state index contributed by atoms with van der Waals surface area (Å²) in [6.45, 7) is 4.12. The highest BCUT2D eigenvalue weighted by molar-refractivity contribution is 7.90. The summed E-state index contributed by atoms with van der Waals surface area (Å²) in [5, 5.41) is 17.4. The molecule has 2 aliphatic carbocycles. The second-order valence-corrected chi connectivity index (χ2v) is 13.6. The van der Waals surface area contributed by atoms with E-state index in [4.69, 9.17) is 4.74 Å². The highest BCUT2D eigenvalue weighted by Crippen LogP contribution is 2.44. The van der Waals surface area contributed by atoms with Crippen molar-refractivity contribution < 1.29 is 27.9 Å². The predicted molar refractivity (Wildman–Crippen MR) is 154 cm³/mol. The summed E-state index contributed by atoms with van der Waals surface area (Å²) in [5.41, 5.74) is 1.05. The lowest BCUT2D eigenvalue weighted by Crippen LogP contribution is -2.47. The van der Waals surface area contributed by atoms with Gasteiger partial charge >= 0.3 is 0 Å². The molecule has 3 N–H and O–H groups in total. The molecule has 0 radical (unpaired) electrons. The van der Waals surface area contributed by atoms with E-state index < -0.39 is 33.8 Å². The monoisotopic (exact) mass is 570 g/mol. The first-order chi connectivity index (χ1) is 19.0. The zero-order chi connectivity index (χ0) is 28.9. The van der Waals surface area contributed by atoms with Crippen molar-refractivity contribution in [2.24, 2.45) is 17.8 Å². The SMILES string of the molecule is CCCOc1cc(C(=O)N[C@@H](Cc2ccccc2)[C@@H](O)C[C@@H](C)C(=O)NC2CC3CCC2C3)cc(S(C)(=O)=O)c1. The normalized spacial score (nSPS) is 22.4. The summed E-state index contributed by atoms with van der Waals surface area (Å²) in [5.74, 6) is 0.541. The van der Waals surface area contributed by atoms with Crippen LogP contribution in [0.15, 0.2) is 53.4 Å². The molecule has 2 saturated carbocycles. The summed E-state index contributed by atoms with van der Waals surface area (Å²) in [4.78, 5) is 26.4. The number of hydrogen-bond acceptors (Lipinski definition) is 6. The van der Waals surface area contributed by atoms with Crippen molar-refractivity contribution in [2.75, 3.05) is 12.9 Å². The molecule has 40 heavy (non-hydrogen) atoms. The number of ether oxygens (including phenoxy) is 1. The average molecular weight is 571 g/mol. The standard InChI is InChI=1S/C31H42N2O6S/c1-4-12-39-25-17-24(18-26(19-25)40(3,37)38)31(36)33-28(15-21-8-6-5-7-9-21)29(34)13-20(2)30(35)32-27-16-22-10-11-23(27)14-22/h5-9,17-20,22-23,27-29,34H,4,10-16H2,1-3H3,(H,32,35)(H,33,36)/t20-,22?,23?,27?,28+,29+/m1/s1. The molecule has 2 aliphatic rings. The molecule has 2 amide bonds. The maximum absolute atomic E-state index is 13.4. The van der Waals surface area contributed by atoms with E-state index in [1.165, 1.54) is 37.5 Å². The smallest absolute Gasteiger partial charge is 0.251 e. The summed E-state index contributed by atoms with van der Waals surface area (Å²) >= 11 is 0. The third kappa shape index (κ3) is 7.85. The number of rotatable bonds is 13.